The van der Waals surface area contributed by atoms with Gasteiger partial charge in [-0.1, -0.05) is 106 Å². The quantitative estimate of drug-likeness (QED) is 0.400. The second-order valence-electron chi connectivity index (χ2n) is 6.34. The first kappa shape index (κ1) is 21.5. The summed E-state index contributed by atoms with van der Waals surface area (Å²) in [4.78, 5) is 0. The molecule has 0 saturated carbocycles. The van der Waals surface area contributed by atoms with Gasteiger partial charge in [-0.3, -0.25) is 0 Å². The van der Waals surface area contributed by atoms with Gasteiger partial charge in [0.1, 0.15) is 5.41 Å². The van der Waals surface area contributed by atoms with E-state index in [1.807, 2.05) is 64.1 Å². The van der Waals surface area contributed by atoms with E-state index < -0.39 is 13.0 Å². The van der Waals surface area contributed by atoms with Gasteiger partial charge < -0.3 is 0 Å². The summed E-state index contributed by atoms with van der Waals surface area (Å²) in [5, 5.41) is 0. The van der Waals surface area contributed by atoms with Crippen LogP contribution < -0.4 is 0 Å². The molecule has 25 heavy (non-hydrogen) atoms. The van der Waals surface area contributed by atoms with Crippen molar-refractivity contribution < 1.29 is 0 Å². The highest BCUT2D eigenvalue weighted by molar-refractivity contribution is 6.74. The summed E-state index contributed by atoms with van der Waals surface area (Å²) in [7, 11) is 0. The van der Waals surface area contributed by atoms with E-state index in [-0.39, 0.29) is 0 Å². The zero-order valence-corrected chi connectivity index (χ0v) is 18.8. The molecule has 0 radical (unpaired) electrons. The zero-order valence-electron chi connectivity index (χ0n) is 14.2. The van der Waals surface area contributed by atoms with Crippen LogP contribution in [0.5, 0.6) is 0 Å². The molecule has 0 amide bonds. The van der Waals surface area contributed by atoms with Gasteiger partial charge in [0.2, 0.25) is 7.59 Å². The Morgan fingerprint density at radius 2 is 0.840 bits per heavy atom. The Morgan fingerprint density at radius 1 is 0.520 bits per heavy atom. The number of alkyl halides is 6. The predicted molar refractivity (Wildman–Crippen MR) is 113 cm³/mol. The van der Waals surface area contributed by atoms with Crippen molar-refractivity contribution in [1.82, 2.24) is 0 Å². The van der Waals surface area contributed by atoms with Gasteiger partial charge in [-0.2, -0.15) is 0 Å². The van der Waals surface area contributed by atoms with Crippen LogP contribution in [0.2, 0.25) is 0 Å². The number of aryl methyl sites for hydroxylation is 4. The molecule has 0 nitrogen and oxygen atoms in total. The molecule has 0 aromatic heterocycles. The van der Waals surface area contributed by atoms with Crippen LogP contribution in [-0.2, 0) is 5.41 Å². The highest BCUT2D eigenvalue weighted by atomic mass is 35.6. The Morgan fingerprint density at radius 3 is 1.08 bits per heavy atom. The predicted octanol–water partition coefficient (Wildman–Crippen LogP) is 7.95. The molecule has 0 N–H and O–H groups in total. The Balaban J connectivity index is 2.96. The standard InChI is InChI=1S/C19H18Cl6/c1-11-5-7-15(9-13(11)3)17(18(20,21)22,19(23,24)25)16-8-6-12(2)14(4)10-16/h5-10H,1-4H3. The van der Waals surface area contributed by atoms with Gasteiger partial charge in [0.15, 0.2) is 0 Å². The van der Waals surface area contributed by atoms with Crippen LogP contribution in [0.4, 0.5) is 0 Å². The molecule has 0 unspecified atom stereocenters. The highest BCUT2D eigenvalue weighted by Gasteiger charge is 2.63. The summed E-state index contributed by atoms with van der Waals surface area (Å²) in [5.74, 6) is 0. The third-order valence-corrected chi connectivity index (χ3v) is 6.43. The van der Waals surface area contributed by atoms with E-state index in [1.54, 1.807) is 0 Å². The van der Waals surface area contributed by atoms with Gasteiger partial charge >= 0.3 is 0 Å². The monoisotopic (exact) mass is 456 g/mol. The van der Waals surface area contributed by atoms with Crippen LogP contribution in [0.3, 0.4) is 0 Å². The van der Waals surface area contributed by atoms with Crippen LogP contribution in [0, 0.1) is 27.7 Å². The fourth-order valence-electron chi connectivity index (χ4n) is 2.93. The van der Waals surface area contributed by atoms with Crippen LogP contribution >= 0.6 is 69.6 Å². The maximum Gasteiger partial charge on any atom is 0.208 e. The van der Waals surface area contributed by atoms with E-state index >= 15 is 0 Å². The first-order chi connectivity index (χ1) is 11.3. The highest BCUT2D eigenvalue weighted by Crippen LogP contribution is 2.62. The fraction of sp³-hybridized carbons (Fsp3) is 0.368. The molecule has 0 bridgehead atoms. The topological polar surface area (TPSA) is 0 Å². The molecule has 6 heteroatoms. The minimum Gasteiger partial charge on any atom is -0.0821 e. The van der Waals surface area contributed by atoms with Crippen molar-refractivity contribution in [2.24, 2.45) is 0 Å². The summed E-state index contributed by atoms with van der Waals surface area (Å²) in [5.41, 5.74) is 4.05. The first-order valence-corrected chi connectivity index (χ1v) is 9.88. The molecular weight excluding hydrogens is 441 g/mol. The Labute approximate surface area is 179 Å². The van der Waals surface area contributed by atoms with E-state index in [0.717, 1.165) is 22.3 Å². The van der Waals surface area contributed by atoms with Crippen molar-refractivity contribution in [3.05, 3.63) is 69.8 Å². The first-order valence-electron chi connectivity index (χ1n) is 7.61. The average molecular weight is 459 g/mol. The fourth-order valence-corrected chi connectivity index (χ4v) is 5.53. The Kier molecular flexibility index (Phi) is 6.27. The lowest BCUT2D eigenvalue weighted by molar-refractivity contribution is 0.534. The van der Waals surface area contributed by atoms with E-state index in [9.17, 15) is 0 Å². The van der Waals surface area contributed by atoms with E-state index in [4.69, 9.17) is 69.6 Å². The van der Waals surface area contributed by atoms with Gasteiger partial charge in [-0.25, -0.2) is 0 Å². The van der Waals surface area contributed by atoms with Crippen LogP contribution in [0.15, 0.2) is 36.4 Å². The molecule has 0 spiro atoms. The number of hydrogen-bond acceptors (Lipinski definition) is 0. The average Bonchev–Trinajstić information content (AvgIpc) is 2.44. The number of hydrogen-bond donors (Lipinski definition) is 0. The molecule has 0 fully saturated rings. The lowest BCUT2D eigenvalue weighted by atomic mass is 9.75. The van der Waals surface area contributed by atoms with Crippen molar-refractivity contribution in [2.75, 3.05) is 0 Å². The third-order valence-electron chi connectivity index (χ3n) is 4.73. The molecule has 0 heterocycles. The maximum absolute atomic E-state index is 6.47. The zero-order chi connectivity index (χ0) is 19.2. The molecular formula is C19H18Cl6. The molecule has 0 aliphatic rings. The summed E-state index contributed by atoms with van der Waals surface area (Å²) in [6.45, 7) is 7.95. The number of benzene rings is 2. The van der Waals surface area contributed by atoms with Crippen LogP contribution in [0.1, 0.15) is 33.4 Å². The lowest BCUT2D eigenvalue weighted by Gasteiger charge is -2.46. The van der Waals surface area contributed by atoms with E-state index in [1.165, 1.54) is 0 Å². The molecule has 0 aliphatic carbocycles. The molecule has 2 aromatic carbocycles. The summed E-state index contributed by atoms with van der Waals surface area (Å²) < 4.78 is -3.80. The van der Waals surface area contributed by atoms with Gasteiger partial charge in [0.25, 0.3) is 0 Å². The number of halogens is 6. The summed E-state index contributed by atoms with van der Waals surface area (Å²) in [6, 6.07) is 11.4. The number of rotatable bonds is 2. The molecule has 136 valence electrons. The molecule has 0 saturated heterocycles. The molecule has 2 rings (SSSR count). The Bertz CT molecular complexity index is 716. The SMILES string of the molecule is Cc1ccc(C(c2ccc(C)c(C)c2)(C(Cl)(Cl)Cl)C(Cl)(Cl)Cl)cc1C. The third kappa shape index (κ3) is 3.77. The van der Waals surface area contributed by atoms with Crippen molar-refractivity contribution in [3.8, 4) is 0 Å². The Hall–Kier alpha value is 0.180. The molecule has 0 atom stereocenters. The smallest absolute Gasteiger partial charge is 0.0821 e. The van der Waals surface area contributed by atoms with Crippen molar-refractivity contribution in [3.63, 3.8) is 0 Å². The summed E-state index contributed by atoms with van der Waals surface area (Å²) >= 11 is 38.8. The van der Waals surface area contributed by atoms with Gasteiger partial charge in [-0.05, 0) is 61.1 Å². The molecule has 0 aliphatic heterocycles. The van der Waals surface area contributed by atoms with Crippen LogP contribution in [-0.4, -0.2) is 7.59 Å². The lowest BCUT2D eigenvalue weighted by Crippen LogP contribution is -2.51. The second kappa shape index (κ2) is 7.30. The van der Waals surface area contributed by atoms with Gasteiger partial charge in [-0.15, -0.1) is 0 Å². The van der Waals surface area contributed by atoms with Crippen LogP contribution in [0.25, 0.3) is 0 Å². The van der Waals surface area contributed by atoms with Crippen molar-refractivity contribution in [2.45, 2.75) is 40.7 Å². The minimum absolute atomic E-state index is 0.638. The van der Waals surface area contributed by atoms with Crippen molar-refractivity contribution >= 4 is 69.6 Å². The van der Waals surface area contributed by atoms with E-state index in [0.29, 0.717) is 11.1 Å². The van der Waals surface area contributed by atoms with Crippen molar-refractivity contribution in [1.29, 1.82) is 0 Å². The minimum atomic E-state index is -1.90. The maximum atomic E-state index is 6.47. The summed E-state index contributed by atoms with van der Waals surface area (Å²) in [6.07, 6.45) is 0. The normalized spacial score (nSPS) is 13.2. The van der Waals surface area contributed by atoms with E-state index in [2.05, 4.69) is 0 Å². The largest absolute Gasteiger partial charge is 0.208 e. The van der Waals surface area contributed by atoms with Gasteiger partial charge in [0.05, 0.1) is 0 Å². The van der Waals surface area contributed by atoms with Gasteiger partial charge in [0, 0.05) is 0 Å². The second-order valence-corrected chi connectivity index (χ2v) is 10.9. The molecule has 2 aromatic rings.